The predicted molar refractivity (Wildman–Crippen MR) is 106 cm³/mol. The molecular formula is C18H29N5O5S. The van der Waals surface area contributed by atoms with Gasteiger partial charge in [-0.2, -0.15) is 5.10 Å². The van der Waals surface area contributed by atoms with E-state index in [1.165, 1.54) is 8.99 Å². The van der Waals surface area contributed by atoms with Crippen molar-refractivity contribution in [3.05, 3.63) is 16.3 Å². The maximum absolute atomic E-state index is 12.9. The molecular weight excluding hydrogens is 398 g/mol. The van der Waals surface area contributed by atoms with Crippen LogP contribution in [0, 0.1) is 0 Å². The van der Waals surface area contributed by atoms with Gasteiger partial charge < -0.3 is 0 Å². The second-order valence-electron chi connectivity index (χ2n) is 8.03. The first-order chi connectivity index (χ1) is 13.6. The van der Waals surface area contributed by atoms with Gasteiger partial charge in [-0.1, -0.05) is 0 Å². The van der Waals surface area contributed by atoms with Crippen LogP contribution >= 0.6 is 0 Å². The van der Waals surface area contributed by atoms with Crippen LogP contribution in [0.1, 0.15) is 63.7 Å². The molecule has 1 aromatic rings. The van der Waals surface area contributed by atoms with E-state index in [1.54, 1.807) is 11.6 Å². The summed E-state index contributed by atoms with van der Waals surface area (Å²) in [5, 5.41) is 4.36. The number of carbonyl (C=O) groups is 2. The molecule has 0 aliphatic carbocycles. The number of hydrogen-bond donors (Lipinski definition) is 0. The predicted octanol–water partition coefficient (Wildman–Crippen LogP) is 0.211. The average molecular weight is 428 g/mol. The van der Waals surface area contributed by atoms with Crippen LogP contribution in [0.4, 0.5) is 0 Å². The minimum Gasteiger partial charge on any atom is -0.282 e. The molecule has 0 radical (unpaired) electrons. The van der Waals surface area contributed by atoms with Gasteiger partial charge in [0, 0.05) is 51.5 Å². The van der Waals surface area contributed by atoms with Crippen molar-refractivity contribution in [3.63, 3.8) is 0 Å². The summed E-state index contributed by atoms with van der Waals surface area (Å²) in [5.74, 6) is -0.456. The fraction of sp³-hybridized carbons (Fsp3) is 0.778. The second-order valence-corrected chi connectivity index (χ2v) is 10.1. The Hall–Kier alpha value is -2.01. The summed E-state index contributed by atoms with van der Waals surface area (Å²) in [4.78, 5) is 37.3. The van der Waals surface area contributed by atoms with Crippen molar-refractivity contribution in [2.24, 2.45) is 7.05 Å². The maximum Gasteiger partial charge on any atom is 0.345 e. The zero-order chi connectivity index (χ0) is 21.3. The molecule has 1 unspecified atom stereocenters. The van der Waals surface area contributed by atoms with E-state index in [4.69, 9.17) is 0 Å². The minimum atomic E-state index is -3.64. The molecule has 162 valence electrons. The van der Waals surface area contributed by atoms with Crippen molar-refractivity contribution >= 4 is 21.8 Å². The van der Waals surface area contributed by atoms with E-state index in [2.05, 4.69) is 5.10 Å². The number of aryl methyl sites for hydroxylation is 1. The molecule has 0 saturated carbocycles. The molecule has 2 fully saturated rings. The number of nitrogens with zero attached hydrogens (tertiary/aromatic N) is 5. The highest BCUT2D eigenvalue weighted by Crippen LogP contribution is 2.28. The minimum absolute atomic E-state index is 0.0747. The monoisotopic (exact) mass is 427 g/mol. The van der Waals surface area contributed by atoms with Gasteiger partial charge in [0.25, 0.3) is 0 Å². The number of aromatic nitrogens is 3. The van der Waals surface area contributed by atoms with E-state index in [-0.39, 0.29) is 61.1 Å². The number of hydrogen-bond acceptors (Lipinski definition) is 6. The van der Waals surface area contributed by atoms with Gasteiger partial charge in [-0.25, -0.2) is 22.2 Å². The number of sulfonamides is 1. The Morgan fingerprint density at radius 2 is 1.76 bits per heavy atom. The summed E-state index contributed by atoms with van der Waals surface area (Å²) in [7, 11) is -2.05. The van der Waals surface area contributed by atoms with Crippen molar-refractivity contribution in [1.29, 1.82) is 0 Å². The Morgan fingerprint density at radius 1 is 1.10 bits per heavy atom. The molecule has 0 bridgehead atoms. The van der Waals surface area contributed by atoms with Crippen LogP contribution in [0.15, 0.2) is 4.79 Å². The first-order valence-electron chi connectivity index (χ1n) is 10.1. The van der Waals surface area contributed by atoms with Gasteiger partial charge in [-0.05, 0) is 33.1 Å². The molecule has 0 aromatic carbocycles. The second kappa shape index (κ2) is 8.39. The van der Waals surface area contributed by atoms with Crippen LogP contribution in [0.5, 0.6) is 0 Å². The van der Waals surface area contributed by atoms with Gasteiger partial charge in [-0.3, -0.25) is 19.1 Å². The summed E-state index contributed by atoms with van der Waals surface area (Å²) < 4.78 is 30.1. The summed E-state index contributed by atoms with van der Waals surface area (Å²) in [6, 6.07) is -0.0747. The lowest BCUT2D eigenvalue weighted by Crippen LogP contribution is -2.46. The van der Waals surface area contributed by atoms with Gasteiger partial charge in [0.15, 0.2) is 0 Å². The molecule has 3 rings (SSSR count). The summed E-state index contributed by atoms with van der Waals surface area (Å²) >= 11 is 0. The Labute approximate surface area is 170 Å². The molecule has 29 heavy (non-hydrogen) atoms. The van der Waals surface area contributed by atoms with Crippen LogP contribution in [0.2, 0.25) is 0 Å². The largest absolute Gasteiger partial charge is 0.345 e. The number of rotatable bonds is 6. The SMILES string of the molecule is CC(C)n1c(C2CCCN(S(=O)(=O)CCN3C(=O)CCCC3=O)C2)nn(C)c1=O. The highest BCUT2D eigenvalue weighted by atomic mass is 32.2. The third kappa shape index (κ3) is 4.45. The topological polar surface area (TPSA) is 115 Å². The fourth-order valence-electron chi connectivity index (χ4n) is 4.05. The standard InChI is InChI=1S/C18H29N5O5S/c1-13(2)23-17(19-20(3)18(23)26)14-6-5-9-21(12-14)29(27,28)11-10-22-15(24)7-4-8-16(22)25/h13-14H,4-12H2,1-3H3. The summed E-state index contributed by atoms with van der Waals surface area (Å²) in [6.45, 7) is 4.32. The first-order valence-corrected chi connectivity index (χ1v) is 11.7. The Bertz CT molecular complexity index is 932. The molecule has 0 spiro atoms. The van der Waals surface area contributed by atoms with Gasteiger partial charge in [0.05, 0.1) is 5.75 Å². The van der Waals surface area contributed by atoms with Gasteiger partial charge >= 0.3 is 5.69 Å². The Kier molecular flexibility index (Phi) is 6.27. The van der Waals surface area contributed by atoms with Crippen molar-refractivity contribution in [3.8, 4) is 0 Å². The van der Waals surface area contributed by atoms with Gasteiger partial charge in [0.2, 0.25) is 21.8 Å². The van der Waals surface area contributed by atoms with E-state index in [0.717, 1.165) is 11.3 Å². The highest BCUT2D eigenvalue weighted by Gasteiger charge is 2.34. The number of imide groups is 1. The molecule has 1 atom stereocenters. The Morgan fingerprint density at radius 3 is 2.38 bits per heavy atom. The van der Waals surface area contributed by atoms with Crippen LogP contribution in [-0.4, -0.2) is 69.2 Å². The molecule has 2 aliphatic heterocycles. The van der Waals surface area contributed by atoms with Crippen LogP contribution in [-0.2, 0) is 26.7 Å². The lowest BCUT2D eigenvalue weighted by atomic mass is 9.98. The van der Waals surface area contributed by atoms with Crippen molar-refractivity contribution in [2.45, 2.75) is 57.9 Å². The molecule has 1 aromatic heterocycles. The molecule has 2 saturated heterocycles. The molecule has 3 heterocycles. The molecule has 0 N–H and O–H groups in total. The summed E-state index contributed by atoms with van der Waals surface area (Å²) in [6.07, 6.45) is 2.50. The van der Waals surface area contributed by atoms with Crippen molar-refractivity contribution in [2.75, 3.05) is 25.4 Å². The van der Waals surface area contributed by atoms with E-state index in [0.29, 0.717) is 25.2 Å². The zero-order valence-corrected chi connectivity index (χ0v) is 18.0. The number of piperidine rings is 2. The third-order valence-electron chi connectivity index (χ3n) is 5.60. The highest BCUT2D eigenvalue weighted by molar-refractivity contribution is 7.89. The van der Waals surface area contributed by atoms with E-state index < -0.39 is 10.0 Å². The number of amides is 2. The maximum atomic E-state index is 12.9. The normalized spacial score (nSPS) is 21.9. The lowest BCUT2D eigenvalue weighted by Gasteiger charge is -2.32. The van der Waals surface area contributed by atoms with E-state index >= 15 is 0 Å². The molecule has 2 amide bonds. The smallest absolute Gasteiger partial charge is 0.282 e. The number of carbonyl (C=O) groups excluding carboxylic acids is 2. The molecule has 11 heteroatoms. The van der Waals surface area contributed by atoms with Crippen LogP contribution < -0.4 is 5.69 Å². The third-order valence-corrected chi connectivity index (χ3v) is 7.41. The Balaban J connectivity index is 1.73. The fourth-order valence-corrected chi connectivity index (χ4v) is 5.54. The van der Waals surface area contributed by atoms with Crippen molar-refractivity contribution in [1.82, 2.24) is 23.6 Å². The zero-order valence-electron chi connectivity index (χ0n) is 17.2. The quantitative estimate of drug-likeness (QED) is 0.600. The van der Waals surface area contributed by atoms with Crippen LogP contribution in [0.3, 0.4) is 0 Å². The average Bonchev–Trinajstić information content (AvgIpc) is 2.96. The molecule has 10 nitrogen and oxygen atoms in total. The van der Waals surface area contributed by atoms with Crippen molar-refractivity contribution < 1.29 is 18.0 Å². The first kappa shape index (κ1) is 21.7. The van der Waals surface area contributed by atoms with Gasteiger partial charge in [-0.15, -0.1) is 0 Å². The van der Waals surface area contributed by atoms with E-state index in [1.807, 2.05) is 13.8 Å². The molecule has 2 aliphatic rings. The van der Waals surface area contributed by atoms with Gasteiger partial charge in [0.1, 0.15) is 5.82 Å². The number of likely N-dealkylation sites (tertiary alicyclic amines) is 1. The van der Waals surface area contributed by atoms with E-state index in [9.17, 15) is 22.8 Å². The van der Waals surface area contributed by atoms with Crippen LogP contribution in [0.25, 0.3) is 0 Å². The lowest BCUT2D eigenvalue weighted by molar-refractivity contribution is -0.147. The summed E-state index contributed by atoms with van der Waals surface area (Å²) in [5.41, 5.74) is -0.211.